The molecule has 1 atom stereocenters. The van der Waals surface area contributed by atoms with Crippen LogP contribution in [-0.2, 0) is 16.1 Å². The third kappa shape index (κ3) is 8.15. The molecule has 0 aliphatic heterocycles. The Kier molecular flexibility index (Phi) is 9.92. The Balaban J connectivity index is 2.04. The third-order valence-electron chi connectivity index (χ3n) is 4.72. The highest BCUT2D eigenvalue weighted by Crippen LogP contribution is 2.21. The number of aryl methyl sites for hydroxylation is 1. The van der Waals surface area contributed by atoms with Crippen molar-refractivity contribution in [2.45, 2.75) is 51.6 Å². The molecule has 2 aromatic rings. The summed E-state index contributed by atoms with van der Waals surface area (Å²) < 4.78 is 0.987. The Morgan fingerprint density at radius 2 is 1.67 bits per heavy atom. The van der Waals surface area contributed by atoms with Crippen molar-refractivity contribution in [2.75, 3.05) is 12.3 Å². The van der Waals surface area contributed by atoms with E-state index in [1.807, 2.05) is 24.3 Å². The van der Waals surface area contributed by atoms with Gasteiger partial charge in [0.05, 0.1) is 0 Å². The van der Waals surface area contributed by atoms with Gasteiger partial charge in [0.15, 0.2) is 0 Å². The van der Waals surface area contributed by atoms with Gasteiger partial charge < -0.3 is 10.2 Å². The zero-order valence-corrected chi connectivity index (χ0v) is 20.6. The molecule has 162 valence electrons. The lowest BCUT2D eigenvalue weighted by molar-refractivity contribution is -0.140. The Morgan fingerprint density at radius 3 is 2.27 bits per heavy atom. The number of hydrogen-bond acceptors (Lipinski definition) is 3. The average molecular weight is 491 g/mol. The molecule has 0 spiro atoms. The number of thioether (sulfide) groups is 1. The fraction of sp³-hybridized carbons (Fsp3) is 0.417. The normalized spacial score (nSPS) is 11.9. The first kappa shape index (κ1) is 24.5. The Labute approximate surface area is 192 Å². The summed E-state index contributed by atoms with van der Waals surface area (Å²) in [6, 6.07) is 15.6. The minimum absolute atomic E-state index is 0.00951. The largest absolute Gasteiger partial charge is 0.354 e. The fourth-order valence-corrected chi connectivity index (χ4v) is 3.96. The van der Waals surface area contributed by atoms with Gasteiger partial charge in [0.2, 0.25) is 11.8 Å². The molecular weight excluding hydrogens is 460 g/mol. The van der Waals surface area contributed by atoms with Gasteiger partial charge >= 0.3 is 0 Å². The molecule has 2 rings (SSSR count). The van der Waals surface area contributed by atoms with Crippen molar-refractivity contribution >= 4 is 39.5 Å². The number of nitrogens with one attached hydrogen (secondary N) is 1. The lowest BCUT2D eigenvalue weighted by Gasteiger charge is -2.29. The number of nitrogens with zero attached hydrogens (tertiary/aromatic N) is 1. The summed E-state index contributed by atoms with van der Waals surface area (Å²) >= 11 is 5.10. The molecule has 0 unspecified atom stereocenters. The monoisotopic (exact) mass is 490 g/mol. The van der Waals surface area contributed by atoms with E-state index in [0.717, 1.165) is 14.9 Å². The molecule has 0 radical (unpaired) electrons. The van der Waals surface area contributed by atoms with Gasteiger partial charge in [-0.05, 0) is 49.6 Å². The Hall–Kier alpha value is -1.79. The molecule has 0 bridgehead atoms. The molecule has 0 aromatic heterocycles. The third-order valence-corrected chi connectivity index (χ3v) is 6.27. The van der Waals surface area contributed by atoms with Crippen molar-refractivity contribution in [2.24, 2.45) is 5.92 Å². The molecule has 0 saturated carbocycles. The molecule has 4 nitrogen and oxygen atoms in total. The maximum atomic E-state index is 13.1. The van der Waals surface area contributed by atoms with E-state index >= 15 is 0 Å². The van der Waals surface area contributed by atoms with Gasteiger partial charge in [-0.25, -0.2) is 0 Å². The van der Waals surface area contributed by atoms with Crippen LogP contribution in [0.2, 0.25) is 0 Å². The van der Waals surface area contributed by atoms with E-state index in [9.17, 15) is 9.59 Å². The van der Waals surface area contributed by atoms with Crippen molar-refractivity contribution in [1.82, 2.24) is 10.2 Å². The van der Waals surface area contributed by atoms with Crippen molar-refractivity contribution in [3.05, 3.63) is 64.1 Å². The lowest BCUT2D eigenvalue weighted by atomic mass is 10.1. The smallest absolute Gasteiger partial charge is 0.242 e. The fourth-order valence-electron chi connectivity index (χ4n) is 2.86. The SMILES string of the molecule is Cc1ccc(SCCC(=O)N(Cc2ccc(Br)cc2)[C@@H](C)C(=O)NCC(C)C)cc1. The van der Waals surface area contributed by atoms with Crippen molar-refractivity contribution in [3.63, 3.8) is 0 Å². The van der Waals surface area contributed by atoms with Gasteiger partial charge in [-0.15, -0.1) is 11.8 Å². The molecule has 0 saturated heterocycles. The summed E-state index contributed by atoms with van der Waals surface area (Å²) in [5, 5.41) is 2.95. The van der Waals surface area contributed by atoms with Crippen LogP contribution in [-0.4, -0.2) is 35.1 Å². The summed E-state index contributed by atoms with van der Waals surface area (Å²) in [6.07, 6.45) is 0.386. The van der Waals surface area contributed by atoms with E-state index in [4.69, 9.17) is 0 Å². The van der Waals surface area contributed by atoms with Crippen molar-refractivity contribution in [1.29, 1.82) is 0 Å². The van der Waals surface area contributed by atoms with Gasteiger partial charge in [0, 0.05) is 34.6 Å². The predicted molar refractivity (Wildman–Crippen MR) is 129 cm³/mol. The number of carbonyl (C=O) groups is 2. The average Bonchev–Trinajstić information content (AvgIpc) is 2.72. The van der Waals surface area contributed by atoms with Crippen LogP contribution in [0.3, 0.4) is 0 Å². The minimum atomic E-state index is -0.524. The topological polar surface area (TPSA) is 49.4 Å². The highest BCUT2D eigenvalue weighted by Gasteiger charge is 2.25. The number of halogens is 1. The molecule has 30 heavy (non-hydrogen) atoms. The lowest BCUT2D eigenvalue weighted by Crippen LogP contribution is -2.48. The van der Waals surface area contributed by atoms with Crippen LogP contribution >= 0.6 is 27.7 Å². The molecule has 0 aliphatic rings. The summed E-state index contributed by atoms with van der Waals surface area (Å²) in [5.41, 5.74) is 2.22. The van der Waals surface area contributed by atoms with Crippen molar-refractivity contribution < 1.29 is 9.59 Å². The second-order valence-electron chi connectivity index (χ2n) is 7.87. The second-order valence-corrected chi connectivity index (χ2v) is 9.96. The molecule has 2 amide bonds. The standard InChI is InChI=1S/C24H31BrN2O2S/c1-17(2)15-26-24(29)19(4)27(16-20-7-9-21(25)10-8-20)23(28)13-14-30-22-11-5-18(3)6-12-22/h5-12,17,19H,13-16H2,1-4H3,(H,26,29)/t19-/m0/s1. The molecule has 2 aromatic carbocycles. The van der Waals surface area contributed by atoms with Gasteiger partial charge in [0.25, 0.3) is 0 Å². The first-order valence-electron chi connectivity index (χ1n) is 10.3. The van der Waals surface area contributed by atoms with Gasteiger partial charge in [-0.3, -0.25) is 9.59 Å². The number of hydrogen-bond donors (Lipinski definition) is 1. The van der Waals surface area contributed by atoms with Gasteiger partial charge in [-0.2, -0.15) is 0 Å². The molecule has 1 N–H and O–H groups in total. The summed E-state index contributed by atoms with van der Waals surface area (Å²) in [6.45, 7) is 8.99. The molecule has 0 heterocycles. The Bertz CT molecular complexity index is 822. The van der Waals surface area contributed by atoms with E-state index < -0.39 is 6.04 Å². The van der Waals surface area contributed by atoms with E-state index in [1.54, 1.807) is 23.6 Å². The minimum Gasteiger partial charge on any atom is -0.354 e. The zero-order valence-electron chi connectivity index (χ0n) is 18.2. The molecule has 6 heteroatoms. The van der Waals surface area contributed by atoms with Crippen LogP contribution in [0.4, 0.5) is 0 Å². The maximum Gasteiger partial charge on any atom is 0.242 e. The molecular formula is C24H31BrN2O2S. The van der Waals surface area contributed by atoms with Crippen LogP contribution in [0.5, 0.6) is 0 Å². The number of benzene rings is 2. The summed E-state index contributed by atoms with van der Waals surface area (Å²) in [4.78, 5) is 28.6. The van der Waals surface area contributed by atoms with Crippen LogP contribution in [0.15, 0.2) is 57.9 Å². The highest BCUT2D eigenvalue weighted by molar-refractivity contribution is 9.10. The Morgan fingerprint density at radius 1 is 1.03 bits per heavy atom. The van der Waals surface area contributed by atoms with E-state index in [2.05, 4.69) is 66.3 Å². The number of amides is 2. The number of carbonyl (C=O) groups excluding carboxylic acids is 2. The quantitative estimate of drug-likeness (QED) is 0.451. The van der Waals surface area contributed by atoms with Crippen molar-refractivity contribution in [3.8, 4) is 0 Å². The van der Waals surface area contributed by atoms with E-state index in [0.29, 0.717) is 31.2 Å². The first-order chi connectivity index (χ1) is 14.3. The molecule has 0 aliphatic carbocycles. The van der Waals surface area contributed by atoms with E-state index in [1.165, 1.54) is 5.56 Å². The maximum absolute atomic E-state index is 13.1. The highest BCUT2D eigenvalue weighted by atomic mass is 79.9. The van der Waals surface area contributed by atoms with E-state index in [-0.39, 0.29) is 11.8 Å². The summed E-state index contributed by atoms with van der Waals surface area (Å²) in [5.74, 6) is 0.923. The first-order valence-corrected chi connectivity index (χ1v) is 12.0. The van der Waals surface area contributed by atoms with Crippen LogP contribution in [0, 0.1) is 12.8 Å². The van der Waals surface area contributed by atoms with Crippen LogP contribution in [0.1, 0.15) is 38.3 Å². The zero-order chi connectivity index (χ0) is 22.1. The van der Waals surface area contributed by atoms with Gasteiger partial charge in [-0.1, -0.05) is 59.6 Å². The number of rotatable bonds is 10. The predicted octanol–water partition coefficient (Wildman–Crippen LogP) is 5.43. The second kappa shape index (κ2) is 12.2. The van der Waals surface area contributed by atoms with Gasteiger partial charge in [0.1, 0.15) is 6.04 Å². The van der Waals surface area contributed by atoms with Crippen LogP contribution < -0.4 is 5.32 Å². The molecule has 0 fully saturated rings. The summed E-state index contributed by atoms with van der Waals surface area (Å²) in [7, 11) is 0. The van der Waals surface area contributed by atoms with Crippen LogP contribution in [0.25, 0.3) is 0 Å².